The molecule has 0 aliphatic heterocycles. The molecule has 2 rings (SSSR count). The molecule has 4 nitrogen and oxygen atoms in total. The molecule has 56 valence electrons. The molecule has 0 fully saturated rings. The number of halogens is 1. The Bertz CT molecular complexity index is 394. The van der Waals surface area contributed by atoms with E-state index in [0.29, 0.717) is 21.9 Å². The van der Waals surface area contributed by atoms with Gasteiger partial charge in [0.25, 0.3) is 0 Å². The highest BCUT2D eigenvalue weighted by Crippen LogP contribution is 2.21. The average Bonchev–Trinajstić information content (AvgIpc) is 2.35. The molecule has 0 aliphatic carbocycles. The van der Waals surface area contributed by atoms with Crippen LogP contribution in [0.2, 0.25) is 5.15 Å². The number of anilines is 1. The molecule has 0 unspecified atom stereocenters. The van der Waals surface area contributed by atoms with Crippen molar-refractivity contribution < 1.29 is 0 Å². The fourth-order valence-electron chi connectivity index (χ4n) is 0.929. The van der Waals surface area contributed by atoms with Gasteiger partial charge in [0.2, 0.25) is 0 Å². The summed E-state index contributed by atoms with van der Waals surface area (Å²) in [6.07, 6.45) is 3.03. The van der Waals surface area contributed by atoms with Crippen LogP contribution >= 0.6 is 11.6 Å². The molecule has 2 aromatic heterocycles. The summed E-state index contributed by atoms with van der Waals surface area (Å²) >= 11 is 5.73. The zero-order valence-corrected chi connectivity index (χ0v) is 6.26. The summed E-state index contributed by atoms with van der Waals surface area (Å²) in [5.74, 6) is 0. The average molecular weight is 169 g/mol. The van der Waals surface area contributed by atoms with Crippen LogP contribution in [0.1, 0.15) is 0 Å². The molecule has 5 heteroatoms. The standard InChI is InChI=1S/C6H5ClN4/c7-6-5-4(10-2-11-6)3(8)1-9-5/h1-2,9H,8H2. The Hall–Kier alpha value is -1.29. The van der Waals surface area contributed by atoms with Crippen molar-refractivity contribution in [2.45, 2.75) is 0 Å². The summed E-state index contributed by atoms with van der Waals surface area (Å²) in [5.41, 5.74) is 7.51. The number of hydrogen-bond donors (Lipinski definition) is 2. The monoisotopic (exact) mass is 168 g/mol. The van der Waals surface area contributed by atoms with Crippen molar-refractivity contribution in [1.29, 1.82) is 0 Å². The summed E-state index contributed by atoms with van der Waals surface area (Å²) in [5, 5.41) is 0.395. The van der Waals surface area contributed by atoms with Crippen molar-refractivity contribution >= 4 is 28.3 Å². The fourth-order valence-corrected chi connectivity index (χ4v) is 1.12. The first kappa shape index (κ1) is 6.42. The predicted octanol–water partition coefficient (Wildman–Crippen LogP) is 1.19. The number of nitrogens with two attached hydrogens (primary N) is 1. The molecule has 0 radical (unpaired) electrons. The van der Waals surface area contributed by atoms with Gasteiger partial charge in [0, 0.05) is 6.20 Å². The minimum absolute atomic E-state index is 0.395. The van der Waals surface area contributed by atoms with Gasteiger partial charge >= 0.3 is 0 Å². The first-order valence-electron chi connectivity index (χ1n) is 3.02. The highest BCUT2D eigenvalue weighted by molar-refractivity contribution is 6.33. The molecule has 0 saturated carbocycles. The SMILES string of the molecule is Nc1c[nH]c2c(Cl)ncnc12. The van der Waals surface area contributed by atoms with Crippen molar-refractivity contribution in [3.05, 3.63) is 17.7 Å². The van der Waals surface area contributed by atoms with Crippen LogP contribution in [0.25, 0.3) is 11.0 Å². The predicted molar refractivity (Wildman–Crippen MR) is 43.3 cm³/mol. The van der Waals surface area contributed by atoms with Crippen LogP contribution in [0.5, 0.6) is 0 Å². The van der Waals surface area contributed by atoms with Gasteiger partial charge in [-0.05, 0) is 0 Å². The number of aromatic amines is 1. The zero-order chi connectivity index (χ0) is 7.84. The molecule has 3 N–H and O–H groups in total. The first-order valence-corrected chi connectivity index (χ1v) is 3.40. The number of aromatic nitrogens is 3. The molecule has 11 heavy (non-hydrogen) atoms. The van der Waals surface area contributed by atoms with E-state index in [4.69, 9.17) is 17.3 Å². The third kappa shape index (κ3) is 0.832. The number of nitrogens with zero attached hydrogens (tertiary/aromatic N) is 2. The van der Waals surface area contributed by atoms with E-state index < -0.39 is 0 Å². The van der Waals surface area contributed by atoms with Gasteiger partial charge < -0.3 is 10.7 Å². The maximum absolute atomic E-state index is 5.73. The van der Waals surface area contributed by atoms with E-state index in [9.17, 15) is 0 Å². The Morgan fingerprint density at radius 3 is 3.00 bits per heavy atom. The lowest BCUT2D eigenvalue weighted by molar-refractivity contribution is 1.22. The van der Waals surface area contributed by atoms with Crippen molar-refractivity contribution in [3.63, 3.8) is 0 Å². The molecule has 2 aromatic rings. The van der Waals surface area contributed by atoms with Gasteiger partial charge in [-0.2, -0.15) is 0 Å². The van der Waals surface area contributed by atoms with Crippen molar-refractivity contribution in [2.75, 3.05) is 5.73 Å². The Balaban J connectivity index is 2.94. The molecular weight excluding hydrogens is 164 g/mol. The quantitative estimate of drug-likeness (QED) is 0.581. The summed E-state index contributed by atoms with van der Waals surface area (Å²) in [6, 6.07) is 0. The van der Waals surface area contributed by atoms with Crippen LogP contribution in [-0.2, 0) is 0 Å². The van der Waals surface area contributed by atoms with Crippen LogP contribution in [-0.4, -0.2) is 15.0 Å². The van der Waals surface area contributed by atoms with Gasteiger partial charge in [-0.1, -0.05) is 11.6 Å². The molecule has 0 saturated heterocycles. The van der Waals surface area contributed by atoms with Crippen LogP contribution in [0.4, 0.5) is 5.69 Å². The first-order chi connectivity index (χ1) is 5.29. The Kier molecular flexibility index (Phi) is 1.22. The van der Waals surface area contributed by atoms with E-state index in [1.165, 1.54) is 6.33 Å². The lowest BCUT2D eigenvalue weighted by atomic mass is 10.4. The van der Waals surface area contributed by atoms with Crippen LogP contribution < -0.4 is 5.73 Å². The van der Waals surface area contributed by atoms with Crippen LogP contribution in [0.3, 0.4) is 0 Å². The number of nitrogens with one attached hydrogen (secondary N) is 1. The highest BCUT2D eigenvalue weighted by Gasteiger charge is 2.04. The molecule has 0 spiro atoms. The second kappa shape index (κ2) is 2.10. The highest BCUT2D eigenvalue weighted by atomic mass is 35.5. The summed E-state index contributed by atoms with van der Waals surface area (Å²) in [4.78, 5) is 10.6. The minimum atomic E-state index is 0.395. The summed E-state index contributed by atoms with van der Waals surface area (Å²) < 4.78 is 0. The van der Waals surface area contributed by atoms with Crippen LogP contribution in [0.15, 0.2) is 12.5 Å². The van der Waals surface area contributed by atoms with E-state index in [-0.39, 0.29) is 0 Å². The van der Waals surface area contributed by atoms with Crippen molar-refractivity contribution in [3.8, 4) is 0 Å². The van der Waals surface area contributed by atoms with Gasteiger partial charge in [-0.25, -0.2) is 9.97 Å². The summed E-state index contributed by atoms with van der Waals surface area (Å²) in [7, 11) is 0. The smallest absolute Gasteiger partial charge is 0.156 e. The van der Waals surface area contributed by atoms with Crippen LogP contribution in [0, 0.1) is 0 Å². The van der Waals surface area contributed by atoms with E-state index in [2.05, 4.69) is 15.0 Å². The number of nitrogen functional groups attached to an aromatic ring is 1. The Morgan fingerprint density at radius 2 is 2.27 bits per heavy atom. The van der Waals surface area contributed by atoms with Gasteiger partial charge in [-0.15, -0.1) is 0 Å². The lowest BCUT2D eigenvalue weighted by Gasteiger charge is -1.90. The maximum Gasteiger partial charge on any atom is 0.156 e. The number of hydrogen-bond acceptors (Lipinski definition) is 3. The normalized spacial score (nSPS) is 10.6. The molecule has 0 amide bonds. The molecule has 0 bridgehead atoms. The lowest BCUT2D eigenvalue weighted by Crippen LogP contribution is -1.84. The van der Waals surface area contributed by atoms with Gasteiger partial charge in [0.15, 0.2) is 5.15 Å². The van der Waals surface area contributed by atoms with Gasteiger partial charge in [0.05, 0.1) is 5.69 Å². The van der Waals surface area contributed by atoms with E-state index in [1.807, 2.05) is 0 Å². The second-order valence-electron chi connectivity index (χ2n) is 2.13. The number of H-pyrrole nitrogens is 1. The topological polar surface area (TPSA) is 67.6 Å². The minimum Gasteiger partial charge on any atom is -0.396 e. The number of rotatable bonds is 0. The Morgan fingerprint density at radius 1 is 1.45 bits per heavy atom. The molecule has 0 aromatic carbocycles. The molecule has 0 aliphatic rings. The summed E-state index contributed by atoms with van der Waals surface area (Å²) in [6.45, 7) is 0. The molecule has 2 heterocycles. The van der Waals surface area contributed by atoms with Crippen molar-refractivity contribution in [1.82, 2.24) is 15.0 Å². The van der Waals surface area contributed by atoms with Crippen molar-refractivity contribution in [2.24, 2.45) is 0 Å². The largest absolute Gasteiger partial charge is 0.396 e. The molecular formula is C6H5ClN4. The van der Waals surface area contributed by atoms with E-state index in [1.54, 1.807) is 6.20 Å². The third-order valence-corrected chi connectivity index (χ3v) is 1.73. The zero-order valence-electron chi connectivity index (χ0n) is 5.50. The fraction of sp³-hybridized carbons (Fsp3) is 0. The van der Waals surface area contributed by atoms with Gasteiger partial charge in [-0.3, -0.25) is 0 Å². The van der Waals surface area contributed by atoms with E-state index >= 15 is 0 Å². The molecule has 0 atom stereocenters. The maximum atomic E-state index is 5.73. The number of fused-ring (bicyclic) bond motifs is 1. The second-order valence-corrected chi connectivity index (χ2v) is 2.49. The van der Waals surface area contributed by atoms with Gasteiger partial charge in [0.1, 0.15) is 17.4 Å². The third-order valence-electron chi connectivity index (χ3n) is 1.45. The Labute approximate surface area is 67.4 Å². The van der Waals surface area contributed by atoms with E-state index in [0.717, 1.165) is 0 Å².